The van der Waals surface area contributed by atoms with Gasteiger partial charge >= 0.3 is 51.4 Å². The first-order chi connectivity index (χ1) is 11.0. The van der Waals surface area contributed by atoms with Gasteiger partial charge in [-0.3, -0.25) is 0 Å². The molecule has 0 unspecified atom stereocenters. The zero-order valence-corrected chi connectivity index (χ0v) is 19.4. The van der Waals surface area contributed by atoms with Crippen molar-refractivity contribution < 1.29 is 64.4 Å². The summed E-state index contributed by atoms with van der Waals surface area (Å²) in [6.45, 7) is 2.25. The predicted octanol–water partition coefficient (Wildman–Crippen LogP) is 2.45. The fourth-order valence-electron chi connectivity index (χ4n) is 2.85. The van der Waals surface area contributed by atoms with Gasteiger partial charge in [0.25, 0.3) is 0 Å². The molecule has 0 aliphatic heterocycles. The Morgan fingerprint density at radius 2 is 1.33 bits per heavy atom. The Morgan fingerprint density at radius 1 is 0.833 bits per heavy atom. The summed E-state index contributed by atoms with van der Waals surface area (Å²) in [4.78, 5) is -0.113. The molecule has 0 radical (unpaired) electrons. The number of hydrogen-bond donors (Lipinski definition) is 0. The molecule has 24 heavy (non-hydrogen) atoms. The normalized spacial score (nSPS) is 11.2. The van der Waals surface area contributed by atoms with Crippen LogP contribution in [-0.4, -0.2) is 13.0 Å². The summed E-state index contributed by atoms with van der Waals surface area (Å²) >= 11 is 0. The SMILES string of the molecule is CCCCCCCCCCCCCc1cccc(S(=O)(=O)[O-])c1.[K+]. The minimum absolute atomic E-state index is 0. The average molecular weight is 379 g/mol. The largest absolute Gasteiger partial charge is 1.00 e. The van der Waals surface area contributed by atoms with Gasteiger partial charge in [0.15, 0.2) is 0 Å². The quantitative estimate of drug-likeness (QED) is 0.301. The molecule has 0 bridgehead atoms. The van der Waals surface area contributed by atoms with E-state index in [1.54, 1.807) is 6.07 Å². The van der Waals surface area contributed by atoms with Crippen LogP contribution in [0.4, 0.5) is 0 Å². The second-order valence-corrected chi connectivity index (χ2v) is 7.77. The van der Waals surface area contributed by atoms with Crippen molar-refractivity contribution in [1.29, 1.82) is 0 Å². The van der Waals surface area contributed by atoms with Crippen LogP contribution in [0.25, 0.3) is 0 Å². The van der Waals surface area contributed by atoms with E-state index in [4.69, 9.17) is 0 Å². The molecule has 0 saturated heterocycles. The zero-order valence-electron chi connectivity index (χ0n) is 15.4. The zero-order chi connectivity index (χ0) is 17.0. The van der Waals surface area contributed by atoms with E-state index in [0.717, 1.165) is 18.4 Å². The molecule has 1 aromatic carbocycles. The second kappa shape index (κ2) is 14.9. The van der Waals surface area contributed by atoms with Crippen LogP contribution in [0, 0.1) is 0 Å². The van der Waals surface area contributed by atoms with E-state index in [0.29, 0.717) is 0 Å². The molecule has 1 rings (SSSR count). The molecule has 0 spiro atoms. The van der Waals surface area contributed by atoms with Crippen LogP contribution in [0.2, 0.25) is 0 Å². The Hall–Kier alpha value is 0.766. The maximum absolute atomic E-state index is 11.0. The van der Waals surface area contributed by atoms with Crippen molar-refractivity contribution >= 4 is 10.1 Å². The van der Waals surface area contributed by atoms with Crippen LogP contribution in [-0.2, 0) is 16.5 Å². The molecular weight excluding hydrogens is 347 g/mol. The van der Waals surface area contributed by atoms with Crippen molar-refractivity contribution in [2.24, 2.45) is 0 Å². The fraction of sp³-hybridized carbons (Fsp3) is 0.684. The van der Waals surface area contributed by atoms with E-state index < -0.39 is 10.1 Å². The van der Waals surface area contributed by atoms with E-state index in [2.05, 4.69) is 6.92 Å². The van der Waals surface area contributed by atoms with Crippen molar-refractivity contribution in [1.82, 2.24) is 0 Å². The maximum Gasteiger partial charge on any atom is 1.00 e. The van der Waals surface area contributed by atoms with Gasteiger partial charge in [0, 0.05) is 0 Å². The van der Waals surface area contributed by atoms with E-state index >= 15 is 0 Å². The molecule has 0 amide bonds. The number of hydrogen-bond acceptors (Lipinski definition) is 3. The van der Waals surface area contributed by atoms with E-state index in [9.17, 15) is 13.0 Å². The molecule has 0 fully saturated rings. The maximum atomic E-state index is 11.0. The van der Waals surface area contributed by atoms with Crippen molar-refractivity contribution in [3.63, 3.8) is 0 Å². The summed E-state index contributed by atoms with van der Waals surface area (Å²) in [5, 5.41) is 0. The van der Waals surface area contributed by atoms with Crippen molar-refractivity contribution in [2.45, 2.75) is 88.9 Å². The summed E-state index contributed by atoms with van der Waals surface area (Å²) in [6.07, 6.45) is 15.1. The van der Waals surface area contributed by atoms with E-state index in [-0.39, 0.29) is 56.3 Å². The number of benzene rings is 1. The standard InChI is InChI=1S/C19H32O3S.K/c1-2-3-4-5-6-7-8-9-10-11-12-14-18-15-13-16-19(17-18)23(20,21)22;/h13,15-17H,2-12,14H2,1H3,(H,20,21,22);/q;+1/p-1. The van der Waals surface area contributed by atoms with Gasteiger partial charge < -0.3 is 4.55 Å². The third-order valence-corrected chi connectivity index (χ3v) is 5.09. The van der Waals surface area contributed by atoms with Crippen LogP contribution in [0.5, 0.6) is 0 Å². The Kier molecular flexibility index (Phi) is 15.4. The van der Waals surface area contributed by atoms with Crippen LogP contribution < -0.4 is 51.4 Å². The average Bonchev–Trinajstić information content (AvgIpc) is 2.52. The van der Waals surface area contributed by atoms with Crippen molar-refractivity contribution in [3.8, 4) is 0 Å². The van der Waals surface area contributed by atoms with Gasteiger partial charge in [0.1, 0.15) is 10.1 Å². The van der Waals surface area contributed by atoms with E-state index in [1.165, 1.54) is 76.3 Å². The smallest absolute Gasteiger partial charge is 0.744 e. The first-order valence-corrected chi connectivity index (χ1v) is 10.5. The van der Waals surface area contributed by atoms with Crippen LogP contribution in [0.1, 0.15) is 83.1 Å². The van der Waals surface area contributed by atoms with Gasteiger partial charge in [-0.25, -0.2) is 8.42 Å². The summed E-state index contributed by atoms with van der Waals surface area (Å²) in [6, 6.07) is 6.43. The van der Waals surface area contributed by atoms with Crippen LogP contribution in [0.15, 0.2) is 29.2 Å². The molecule has 0 aliphatic rings. The van der Waals surface area contributed by atoms with Gasteiger partial charge in [-0.15, -0.1) is 0 Å². The van der Waals surface area contributed by atoms with Crippen LogP contribution >= 0.6 is 0 Å². The first-order valence-electron chi connectivity index (χ1n) is 9.09. The number of aryl methyl sites for hydroxylation is 1. The van der Waals surface area contributed by atoms with Gasteiger partial charge in [0.05, 0.1) is 4.90 Å². The molecule has 5 heteroatoms. The second-order valence-electron chi connectivity index (χ2n) is 6.39. The third kappa shape index (κ3) is 12.2. The first kappa shape index (κ1) is 24.8. The van der Waals surface area contributed by atoms with Gasteiger partial charge in [-0.2, -0.15) is 0 Å². The molecule has 1 aromatic rings. The van der Waals surface area contributed by atoms with Gasteiger partial charge in [0.2, 0.25) is 0 Å². The third-order valence-electron chi connectivity index (χ3n) is 4.26. The molecule has 0 aromatic heterocycles. The minimum Gasteiger partial charge on any atom is -0.744 e. The van der Waals surface area contributed by atoms with Gasteiger partial charge in [-0.1, -0.05) is 83.3 Å². The van der Waals surface area contributed by atoms with E-state index in [1.807, 2.05) is 6.07 Å². The Morgan fingerprint density at radius 3 is 1.83 bits per heavy atom. The number of unbranched alkanes of at least 4 members (excludes halogenated alkanes) is 10. The molecule has 132 valence electrons. The number of rotatable bonds is 13. The van der Waals surface area contributed by atoms with Crippen LogP contribution in [0.3, 0.4) is 0 Å². The molecular formula is C19H31KO3S. The molecule has 0 N–H and O–H groups in total. The molecule has 3 nitrogen and oxygen atoms in total. The monoisotopic (exact) mass is 378 g/mol. The summed E-state index contributed by atoms with van der Waals surface area (Å²) < 4.78 is 33.0. The minimum atomic E-state index is -4.33. The Labute approximate surface area is 191 Å². The molecule has 0 atom stereocenters. The van der Waals surface area contributed by atoms with Crippen molar-refractivity contribution in [2.75, 3.05) is 0 Å². The topological polar surface area (TPSA) is 57.2 Å². The van der Waals surface area contributed by atoms with Crippen molar-refractivity contribution in [3.05, 3.63) is 29.8 Å². The summed E-state index contributed by atoms with van der Waals surface area (Å²) in [5.74, 6) is 0. The fourth-order valence-corrected chi connectivity index (χ4v) is 3.39. The Bertz CT molecular complexity index is 529. The summed E-state index contributed by atoms with van der Waals surface area (Å²) in [5.41, 5.74) is 0.942. The molecule has 0 aliphatic carbocycles. The molecule has 0 heterocycles. The summed E-state index contributed by atoms with van der Waals surface area (Å²) in [7, 11) is -4.33. The molecule has 0 saturated carbocycles. The van der Waals surface area contributed by atoms with Gasteiger partial charge in [-0.05, 0) is 30.5 Å². The predicted molar refractivity (Wildman–Crippen MR) is 94.6 cm³/mol. The Balaban J connectivity index is 0.00000529.